The van der Waals surface area contributed by atoms with Crippen molar-refractivity contribution >= 4 is 17.0 Å². The molecule has 3 aromatic heterocycles. The van der Waals surface area contributed by atoms with E-state index in [0.29, 0.717) is 35.9 Å². The van der Waals surface area contributed by atoms with Crippen molar-refractivity contribution in [2.45, 2.75) is 25.8 Å². The number of nitrogens with one attached hydrogen (secondary N) is 2. The van der Waals surface area contributed by atoms with Gasteiger partial charge in [0.2, 0.25) is 0 Å². The van der Waals surface area contributed by atoms with E-state index < -0.39 is 0 Å². The summed E-state index contributed by atoms with van der Waals surface area (Å²) in [6, 6.07) is 11.2. The van der Waals surface area contributed by atoms with Gasteiger partial charge in [0.1, 0.15) is 18.2 Å². The van der Waals surface area contributed by atoms with Gasteiger partial charge in [0.25, 0.3) is 0 Å². The van der Waals surface area contributed by atoms with Gasteiger partial charge in [-0.3, -0.25) is 19.9 Å². The SMILES string of the molecule is NC1=CC=C(c2ccccn2)c2nc(C3=NCNc4cc(F)c(-c5cncc(CN6CCCC6)c5)cc43)[nH]c2C1. The minimum Gasteiger partial charge on any atom is -0.402 e. The maximum atomic E-state index is 15.5. The van der Waals surface area contributed by atoms with Crippen LogP contribution < -0.4 is 11.1 Å². The summed E-state index contributed by atoms with van der Waals surface area (Å²) in [4.78, 5) is 24.6. The maximum Gasteiger partial charge on any atom is 0.157 e. The van der Waals surface area contributed by atoms with Crippen LogP contribution in [0.2, 0.25) is 0 Å². The van der Waals surface area contributed by atoms with Crippen LogP contribution in [0, 0.1) is 5.82 Å². The number of likely N-dealkylation sites (tertiary alicyclic amines) is 1. The van der Waals surface area contributed by atoms with E-state index in [-0.39, 0.29) is 5.82 Å². The number of allylic oxidation sites excluding steroid dienone is 3. The molecule has 1 fully saturated rings. The fourth-order valence-electron chi connectivity index (χ4n) is 5.68. The lowest BCUT2D eigenvalue weighted by molar-refractivity contribution is 0.331. The van der Waals surface area contributed by atoms with Crippen LogP contribution in [0.1, 0.15) is 46.9 Å². The van der Waals surface area contributed by atoms with Gasteiger partial charge in [-0.2, -0.15) is 0 Å². The minimum atomic E-state index is -0.305. The molecule has 0 unspecified atom stereocenters. The Labute approximate surface area is 231 Å². The number of aromatic nitrogens is 4. The van der Waals surface area contributed by atoms with Crippen LogP contribution in [0.3, 0.4) is 0 Å². The number of rotatable bonds is 5. The zero-order valence-electron chi connectivity index (χ0n) is 22.0. The molecule has 40 heavy (non-hydrogen) atoms. The Balaban J connectivity index is 1.27. The average Bonchev–Trinajstić information content (AvgIpc) is 3.60. The fraction of sp³-hybridized carbons (Fsp3) is 0.226. The average molecular weight is 533 g/mol. The molecule has 200 valence electrons. The van der Waals surface area contributed by atoms with Gasteiger partial charge in [0.05, 0.1) is 11.4 Å². The van der Waals surface area contributed by atoms with Crippen LogP contribution in [0.5, 0.6) is 0 Å². The van der Waals surface area contributed by atoms with Gasteiger partial charge in [-0.05, 0) is 74.0 Å². The molecule has 0 saturated carbocycles. The molecule has 7 rings (SSSR count). The van der Waals surface area contributed by atoms with Gasteiger partial charge in [-0.15, -0.1) is 0 Å². The highest BCUT2D eigenvalue weighted by molar-refractivity contribution is 6.15. The molecule has 0 amide bonds. The summed E-state index contributed by atoms with van der Waals surface area (Å²) in [6.07, 6.45) is 12.2. The number of benzene rings is 1. The third-order valence-corrected chi connectivity index (χ3v) is 7.62. The number of H-pyrrole nitrogens is 1. The van der Waals surface area contributed by atoms with E-state index in [1.165, 1.54) is 12.8 Å². The number of halogens is 1. The van der Waals surface area contributed by atoms with E-state index in [2.05, 4.69) is 25.2 Å². The lowest BCUT2D eigenvalue weighted by Crippen LogP contribution is -2.19. The highest BCUT2D eigenvalue weighted by Crippen LogP contribution is 2.34. The molecule has 1 saturated heterocycles. The Morgan fingerprint density at radius 1 is 1.02 bits per heavy atom. The molecular formula is C31H29FN8. The summed E-state index contributed by atoms with van der Waals surface area (Å²) >= 11 is 0. The van der Waals surface area contributed by atoms with Crippen LogP contribution in [-0.4, -0.2) is 50.3 Å². The van der Waals surface area contributed by atoms with Crippen LogP contribution >= 0.6 is 0 Å². The molecule has 0 spiro atoms. The number of aliphatic imine (C=N–C) groups is 1. The standard InChI is InChI=1S/C31H29FN8/c32-25-14-27-24(13-23(25)20-11-19(15-34-16-20)17-40-9-3-4-10-40)30(37-18-36-27)31-38-28-12-21(33)6-7-22(29(28)39-31)26-5-1-2-8-35-26/h1-2,5-8,11,13-16,36H,3-4,9-10,12,17-18,33H2,(H,38,39). The Kier molecular flexibility index (Phi) is 6.20. The van der Waals surface area contributed by atoms with Crippen LogP contribution in [0.4, 0.5) is 10.1 Å². The second-order valence-corrected chi connectivity index (χ2v) is 10.4. The normalized spacial score (nSPS) is 16.8. The maximum absolute atomic E-state index is 15.5. The molecule has 1 aliphatic carbocycles. The predicted molar refractivity (Wildman–Crippen MR) is 154 cm³/mol. The predicted octanol–water partition coefficient (Wildman–Crippen LogP) is 4.65. The molecule has 8 nitrogen and oxygen atoms in total. The Hall–Kier alpha value is -4.63. The Morgan fingerprint density at radius 2 is 1.93 bits per heavy atom. The molecular weight excluding hydrogens is 503 g/mol. The zero-order chi connectivity index (χ0) is 27.1. The molecule has 0 bridgehead atoms. The largest absolute Gasteiger partial charge is 0.402 e. The highest BCUT2D eigenvalue weighted by atomic mass is 19.1. The van der Waals surface area contributed by atoms with E-state index in [1.807, 2.05) is 48.7 Å². The number of pyridine rings is 2. The van der Waals surface area contributed by atoms with Crippen molar-refractivity contribution in [3.05, 3.63) is 113 Å². The molecule has 0 atom stereocenters. The third kappa shape index (κ3) is 4.58. The molecule has 5 heterocycles. The van der Waals surface area contributed by atoms with Crippen molar-refractivity contribution in [3.8, 4) is 11.1 Å². The van der Waals surface area contributed by atoms with E-state index in [1.54, 1.807) is 18.5 Å². The molecule has 1 aromatic carbocycles. The fourth-order valence-corrected chi connectivity index (χ4v) is 5.68. The summed E-state index contributed by atoms with van der Waals surface area (Å²) in [5.41, 5.74) is 14.8. The summed E-state index contributed by atoms with van der Waals surface area (Å²) in [6.45, 7) is 3.33. The van der Waals surface area contributed by atoms with Crippen molar-refractivity contribution in [2.75, 3.05) is 25.1 Å². The van der Waals surface area contributed by atoms with Crippen LogP contribution in [-0.2, 0) is 13.0 Å². The number of fused-ring (bicyclic) bond motifs is 2. The lowest BCUT2D eigenvalue weighted by Gasteiger charge is -2.20. The van der Waals surface area contributed by atoms with Crippen molar-refractivity contribution in [1.82, 2.24) is 24.8 Å². The molecule has 3 aliphatic rings. The molecule has 2 aliphatic heterocycles. The highest BCUT2D eigenvalue weighted by Gasteiger charge is 2.26. The number of aromatic amines is 1. The van der Waals surface area contributed by atoms with Crippen LogP contribution in [0.15, 0.2) is 77.8 Å². The second kappa shape index (κ2) is 10.2. The van der Waals surface area contributed by atoms with Crippen molar-refractivity contribution in [1.29, 1.82) is 0 Å². The summed E-state index contributed by atoms with van der Waals surface area (Å²) in [5.74, 6) is 0.309. The second-order valence-electron chi connectivity index (χ2n) is 10.4. The first-order valence-electron chi connectivity index (χ1n) is 13.6. The first kappa shape index (κ1) is 24.4. The summed E-state index contributed by atoms with van der Waals surface area (Å²) < 4.78 is 15.5. The van der Waals surface area contributed by atoms with E-state index in [0.717, 1.165) is 64.7 Å². The number of anilines is 1. The summed E-state index contributed by atoms with van der Waals surface area (Å²) in [7, 11) is 0. The summed E-state index contributed by atoms with van der Waals surface area (Å²) in [5, 5.41) is 3.21. The van der Waals surface area contributed by atoms with E-state index in [4.69, 9.17) is 15.7 Å². The van der Waals surface area contributed by atoms with Crippen molar-refractivity contribution in [2.24, 2.45) is 10.7 Å². The van der Waals surface area contributed by atoms with Gasteiger partial charge in [-0.1, -0.05) is 6.07 Å². The number of nitrogens with zero attached hydrogens (tertiary/aromatic N) is 5. The molecule has 0 radical (unpaired) electrons. The number of nitrogens with two attached hydrogens (primary N) is 1. The lowest BCUT2D eigenvalue weighted by atomic mass is 9.97. The zero-order valence-corrected chi connectivity index (χ0v) is 22.0. The van der Waals surface area contributed by atoms with Gasteiger partial charge in [0, 0.05) is 70.9 Å². The first-order chi connectivity index (χ1) is 19.6. The molecule has 4 N–H and O–H groups in total. The van der Waals surface area contributed by atoms with Crippen LogP contribution in [0.25, 0.3) is 16.7 Å². The topological polar surface area (TPSA) is 108 Å². The first-order valence-corrected chi connectivity index (χ1v) is 13.6. The monoisotopic (exact) mass is 532 g/mol. The number of hydrogen-bond acceptors (Lipinski definition) is 7. The molecule has 4 aromatic rings. The van der Waals surface area contributed by atoms with Gasteiger partial charge in [0.15, 0.2) is 5.82 Å². The minimum absolute atomic E-state index is 0.305. The Morgan fingerprint density at radius 3 is 2.77 bits per heavy atom. The van der Waals surface area contributed by atoms with Gasteiger partial charge >= 0.3 is 0 Å². The molecule has 9 heteroatoms. The number of hydrogen-bond donors (Lipinski definition) is 3. The third-order valence-electron chi connectivity index (χ3n) is 7.62. The van der Waals surface area contributed by atoms with Crippen molar-refractivity contribution in [3.63, 3.8) is 0 Å². The van der Waals surface area contributed by atoms with E-state index in [9.17, 15) is 0 Å². The van der Waals surface area contributed by atoms with Gasteiger partial charge in [-0.25, -0.2) is 9.37 Å². The van der Waals surface area contributed by atoms with Gasteiger partial charge < -0.3 is 16.0 Å². The van der Waals surface area contributed by atoms with E-state index >= 15 is 4.39 Å². The Bertz CT molecular complexity index is 1680. The smallest absolute Gasteiger partial charge is 0.157 e. The quantitative estimate of drug-likeness (QED) is 0.345. The van der Waals surface area contributed by atoms with Crippen molar-refractivity contribution < 1.29 is 4.39 Å². The number of imidazole rings is 1.